The number of aromatic hydroxyl groups is 1. The Kier molecular flexibility index (Phi) is 7.44. The molecule has 1 aliphatic carbocycles. The lowest BCUT2D eigenvalue weighted by Gasteiger charge is -2.38. The van der Waals surface area contributed by atoms with Gasteiger partial charge in [0.25, 0.3) is 5.91 Å². The summed E-state index contributed by atoms with van der Waals surface area (Å²) >= 11 is 0. The molecule has 37 heavy (non-hydrogen) atoms. The highest BCUT2D eigenvalue weighted by Gasteiger charge is 2.83. The molecule has 6 N–H and O–H groups in total. The van der Waals surface area contributed by atoms with Gasteiger partial charge in [0.15, 0.2) is 5.60 Å². The van der Waals surface area contributed by atoms with Crippen molar-refractivity contribution >= 4 is 23.1 Å². The summed E-state index contributed by atoms with van der Waals surface area (Å²) in [6, 6.07) is 2.35. The number of ketones is 1. The van der Waals surface area contributed by atoms with E-state index in [1.807, 2.05) is 13.8 Å². The summed E-state index contributed by atoms with van der Waals surface area (Å²) < 4.78 is 5.67. The monoisotopic (exact) mass is 517 g/mol. The Morgan fingerprint density at radius 1 is 1.16 bits per heavy atom. The van der Waals surface area contributed by atoms with Gasteiger partial charge in [0.1, 0.15) is 22.8 Å². The molecule has 0 bridgehead atoms. The van der Waals surface area contributed by atoms with Crippen LogP contribution < -0.4 is 10.6 Å². The number of nitrogens with zero attached hydrogens (tertiary/aromatic N) is 2. The molecular weight excluding hydrogens is 478 g/mol. The molecule has 1 heterocycles. The molecule has 0 aromatic heterocycles. The molecule has 1 aromatic carbocycles. The number of epoxide rings is 1. The third-order valence-electron chi connectivity index (χ3n) is 7.73. The molecule has 0 saturated carbocycles. The molecule has 10 heteroatoms. The van der Waals surface area contributed by atoms with Crippen LogP contribution in [0, 0.1) is 18.8 Å². The highest BCUT2D eigenvalue weighted by atomic mass is 16.8. The van der Waals surface area contributed by atoms with E-state index in [1.54, 1.807) is 52.8 Å². The second-order valence-electron chi connectivity index (χ2n) is 10.3. The molecule has 4 atom stereocenters. The number of amides is 1. The number of nitrogens with two attached hydrogens (primary N) is 1. The number of ether oxygens (including phenoxy) is 1. The van der Waals surface area contributed by atoms with Crippen LogP contribution in [0.25, 0.3) is 5.76 Å². The van der Waals surface area contributed by atoms with Crippen molar-refractivity contribution in [2.45, 2.75) is 59.0 Å². The van der Waals surface area contributed by atoms with Gasteiger partial charge >= 0.3 is 0 Å². The molecule has 2 aliphatic rings. The molecule has 1 aromatic rings. The maximum absolute atomic E-state index is 14.3. The number of primary amides is 1. The van der Waals surface area contributed by atoms with Crippen LogP contribution in [0.1, 0.15) is 45.7 Å². The van der Waals surface area contributed by atoms with Crippen molar-refractivity contribution in [3.05, 3.63) is 40.2 Å². The lowest BCUT2D eigenvalue weighted by atomic mass is 9.69. The first-order valence-corrected chi connectivity index (χ1v) is 12.5. The quantitative estimate of drug-likeness (QED) is 0.188. The van der Waals surface area contributed by atoms with Crippen LogP contribution in [0.4, 0.5) is 5.69 Å². The normalized spacial score (nSPS) is 27.8. The predicted octanol–water partition coefficient (Wildman–Crippen LogP) is 2.38. The fourth-order valence-corrected chi connectivity index (χ4v) is 5.89. The number of hydrogen-bond donors (Lipinski definition) is 5. The standard InChI is InChI=1S/C27H39N3O7/c1-9-30(10-2)16-11-12-17(31)19(14(16)5)22(32)18(13(3)4)24(34)26-15(6)21(29(7)8)23(33)20(25(28)35)27(26,36)37-26/h11-13,15,21,31-33,36H,9-10H2,1-8H3,(H2,28,35)/t15-,21-,26-,27?/m0/s1. The maximum atomic E-state index is 14.3. The van der Waals surface area contributed by atoms with Gasteiger partial charge in [-0.3, -0.25) is 14.5 Å². The zero-order valence-electron chi connectivity index (χ0n) is 22.8. The number of carbonyl (C=O) groups is 2. The number of benzene rings is 1. The highest BCUT2D eigenvalue weighted by molar-refractivity contribution is 6.12. The predicted molar refractivity (Wildman–Crippen MR) is 140 cm³/mol. The van der Waals surface area contributed by atoms with E-state index in [1.165, 1.54) is 6.07 Å². The van der Waals surface area contributed by atoms with Gasteiger partial charge in [-0.25, -0.2) is 0 Å². The number of Topliss-reactive ketones (excluding diaryl/α,β-unsaturated/α-hetero) is 1. The lowest BCUT2D eigenvalue weighted by molar-refractivity contribution is -0.124. The summed E-state index contributed by atoms with van der Waals surface area (Å²) in [4.78, 5) is 30.2. The Bertz CT molecular complexity index is 1180. The summed E-state index contributed by atoms with van der Waals surface area (Å²) in [6.45, 7) is 12.1. The fraction of sp³-hybridized carbons (Fsp3) is 0.556. The third-order valence-corrected chi connectivity index (χ3v) is 7.73. The van der Waals surface area contributed by atoms with Gasteiger partial charge in [-0.05, 0) is 58.5 Å². The Morgan fingerprint density at radius 3 is 2.19 bits per heavy atom. The van der Waals surface area contributed by atoms with Gasteiger partial charge in [-0.15, -0.1) is 0 Å². The van der Waals surface area contributed by atoms with E-state index in [0.717, 1.165) is 5.69 Å². The zero-order valence-corrected chi connectivity index (χ0v) is 22.8. The number of aliphatic hydroxyl groups is 3. The second-order valence-corrected chi connectivity index (χ2v) is 10.3. The molecule has 1 saturated heterocycles. The number of likely N-dealkylation sites (N-methyl/N-ethyl adjacent to an activating group) is 1. The number of anilines is 1. The molecular formula is C27H39N3O7. The first kappa shape index (κ1) is 28.5. The lowest BCUT2D eigenvalue weighted by Crippen LogP contribution is -2.56. The van der Waals surface area contributed by atoms with Crippen LogP contribution in [0.5, 0.6) is 5.75 Å². The van der Waals surface area contributed by atoms with Crippen molar-refractivity contribution in [3.63, 3.8) is 0 Å². The average molecular weight is 518 g/mol. The smallest absolute Gasteiger partial charge is 0.253 e. The molecule has 3 rings (SSSR count). The van der Waals surface area contributed by atoms with Crippen molar-refractivity contribution in [3.8, 4) is 5.75 Å². The van der Waals surface area contributed by atoms with Crippen LogP contribution in [-0.4, -0.2) is 81.6 Å². The Labute approximate surface area is 217 Å². The average Bonchev–Trinajstić information content (AvgIpc) is 3.43. The van der Waals surface area contributed by atoms with Crippen LogP contribution in [-0.2, 0) is 14.3 Å². The summed E-state index contributed by atoms with van der Waals surface area (Å²) in [5, 5.41) is 44.5. The van der Waals surface area contributed by atoms with Crippen LogP contribution in [0.2, 0.25) is 0 Å². The zero-order chi connectivity index (χ0) is 28.2. The molecule has 204 valence electrons. The number of fused-ring (bicyclic) bond motifs is 1. The van der Waals surface area contributed by atoms with Crippen molar-refractivity contribution in [1.29, 1.82) is 0 Å². The number of carbonyl (C=O) groups excluding carboxylic acids is 2. The van der Waals surface area contributed by atoms with E-state index in [-0.39, 0.29) is 16.9 Å². The van der Waals surface area contributed by atoms with E-state index in [2.05, 4.69) is 4.90 Å². The van der Waals surface area contributed by atoms with E-state index in [0.29, 0.717) is 18.7 Å². The number of aliphatic hydroxyl groups excluding tert-OH is 2. The third kappa shape index (κ3) is 3.98. The minimum Gasteiger partial charge on any atom is -0.510 e. The van der Waals surface area contributed by atoms with Crippen molar-refractivity contribution < 1.29 is 34.8 Å². The van der Waals surface area contributed by atoms with Gasteiger partial charge in [-0.2, -0.15) is 0 Å². The molecule has 0 radical (unpaired) electrons. The first-order chi connectivity index (χ1) is 17.1. The first-order valence-electron chi connectivity index (χ1n) is 12.5. The second kappa shape index (κ2) is 9.66. The number of rotatable bonds is 9. The highest BCUT2D eigenvalue weighted by Crippen LogP contribution is 2.62. The Balaban J connectivity index is 2.28. The van der Waals surface area contributed by atoms with Gasteiger partial charge in [0.05, 0.1) is 11.6 Å². The summed E-state index contributed by atoms with van der Waals surface area (Å²) in [5.74, 6) is -6.83. The topological polar surface area (TPSA) is 160 Å². The SMILES string of the molecule is CCN(CC)c1ccc(O)c(C(O)=C(C(=O)[C@]23OC2(O)C(C(N)=O)=C(O)[C@@H](N(C)C)[C@@H]3C)C(C)C)c1C. The van der Waals surface area contributed by atoms with Crippen molar-refractivity contribution in [1.82, 2.24) is 4.90 Å². The summed E-state index contributed by atoms with van der Waals surface area (Å²) in [6.07, 6.45) is 0. The maximum Gasteiger partial charge on any atom is 0.253 e. The Hall–Kier alpha value is -3.08. The minimum absolute atomic E-state index is 0.0828. The molecule has 1 aliphatic heterocycles. The van der Waals surface area contributed by atoms with Gasteiger partial charge < -0.3 is 35.8 Å². The van der Waals surface area contributed by atoms with E-state index in [9.17, 15) is 30.0 Å². The molecule has 1 unspecified atom stereocenters. The largest absolute Gasteiger partial charge is 0.510 e. The Morgan fingerprint density at radius 2 is 1.73 bits per heavy atom. The van der Waals surface area contributed by atoms with Crippen LogP contribution in [0.3, 0.4) is 0 Å². The number of hydrogen-bond acceptors (Lipinski definition) is 9. The van der Waals surface area contributed by atoms with Crippen molar-refractivity contribution in [2.75, 3.05) is 32.1 Å². The summed E-state index contributed by atoms with van der Waals surface area (Å²) in [5.41, 5.74) is 4.33. The van der Waals surface area contributed by atoms with E-state index < -0.39 is 58.0 Å². The molecule has 1 amide bonds. The van der Waals surface area contributed by atoms with E-state index in [4.69, 9.17) is 10.5 Å². The summed E-state index contributed by atoms with van der Waals surface area (Å²) in [7, 11) is 3.30. The van der Waals surface area contributed by atoms with Gasteiger partial charge in [0, 0.05) is 30.3 Å². The van der Waals surface area contributed by atoms with E-state index >= 15 is 0 Å². The minimum atomic E-state index is -2.45. The van der Waals surface area contributed by atoms with Crippen molar-refractivity contribution in [2.24, 2.45) is 17.6 Å². The molecule has 0 spiro atoms. The number of phenols is 1. The fourth-order valence-electron chi connectivity index (χ4n) is 5.89. The van der Waals surface area contributed by atoms with Gasteiger partial charge in [-0.1, -0.05) is 20.8 Å². The van der Waals surface area contributed by atoms with Crippen LogP contribution >= 0.6 is 0 Å². The van der Waals surface area contributed by atoms with Crippen LogP contribution in [0.15, 0.2) is 29.0 Å². The number of phenolic OH excluding ortho intramolecular Hbond substituents is 1. The van der Waals surface area contributed by atoms with Gasteiger partial charge in [0.2, 0.25) is 11.6 Å². The molecule has 10 nitrogen and oxygen atoms in total. The molecule has 1 fully saturated rings.